The van der Waals surface area contributed by atoms with Crippen molar-refractivity contribution < 1.29 is 39.0 Å². The minimum atomic E-state index is -1.59. The molecule has 2 rings (SSSR count). The number of benzene rings is 1. The summed E-state index contributed by atoms with van der Waals surface area (Å²) in [5, 5.41) is 31.4. The van der Waals surface area contributed by atoms with Crippen molar-refractivity contribution in [3.8, 4) is 5.75 Å². The molecule has 0 aromatic heterocycles. The number of hydrogen-bond donors (Lipinski definition) is 10. The third-order valence-corrected chi connectivity index (χ3v) is 6.62. The zero-order valence-corrected chi connectivity index (χ0v) is 24.2. The first-order valence-electron chi connectivity index (χ1n) is 14.1. The molecule has 1 aliphatic rings. The Labute approximate surface area is 253 Å². The maximum absolute atomic E-state index is 13.5. The zero-order valence-electron chi connectivity index (χ0n) is 24.2. The lowest BCUT2D eigenvalue weighted by Gasteiger charge is -2.26. The Morgan fingerprint density at radius 2 is 1.36 bits per heavy atom. The lowest BCUT2D eigenvalue weighted by Crippen LogP contribution is -2.58. The number of amides is 5. The standard InChI is InChI=1S/C27H41N9O8/c28-10-2-1-4-18-25(43)35-19(12-15-6-8-16(37)9-7-15)26(44)36-20(13-22(39)40)23(41)32-14-21(38)33-17(24(42)34-18)5-3-11-31-27(29)30/h6-9,17-20,37H,1-5,10-14,28H2,(H,32,41)(H,33,38)(H,34,42)(H,35,43)(H,36,44)(H,39,40)(H4,29,30,31)/t17-,18-,19+,20-/m1/s1. The molecule has 1 aromatic rings. The summed E-state index contributed by atoms with van der Waals surface area (Å²) in [5.41, 5.74) is 16.8. The fourth-order valence-electron chi connectivity index (χ4n) is 4.35. The fraction of sp³-hybridized carbons (Fsp3) is 0.519. The smallest absolute Gasteiger partial charge is 0.305 e. The second-order valence-corrected chi connectivity index (χ2v) is 10.2. The molecule has 4 atom stereocenters. The lowest BCUT2D eigenvalue weighted by molar-refractivity contribution is -0.141. The van der Waals surface area contributed by atoms with Crippen molar-refractivity contribution in [3.05, 3.63) is 29.8 Å². The Morgan fingerprint density at radius 1 is 0.795 bits per heavy atom. The number of aliphatic carboxylic acids is 1. The highest BCUT2D eigenvalue weighted by Gasteiger charge is 2.33. The van der Waals surface area contributed by atoms with Crippen LogP contribution in [0.1, 0.15) is 44.1 Å². The maximum Gasteiger partial charge on any atom is 0.305 e. The molecule has 0 bridgehead atoms. The third-order valence-electron chi connectivity index (χ3n) is 6.62. The van der Waals surface area contributed by atoms with Crippen LogP contribution in [0.2, 0.25) is 0 Å². The SMILES string of the molecule is NCCCC[C@H]1NC(=O)[C@@H](CCCN=C(N)N)NC(=O)CNC(=O)[C@@H](CC(=O)O)NC(=O)[C@H](Cc2ccc(O)cc2)NC1=O. The number of carboxylic acids is 1. The van der Waals surface area contributed by atoms with Crippen molar-refractivity contribution in [1.82, 2.24) is 26.6 Å². The first-order valence-corrected chi connectivity index (χ1v) is 14.1. The Morgan fingerprint density at radius 3 is 1.98 bits per heavy atom. The van der Waals surface area contributed by atoms with Crippen LogP contribution >= 0.6 is 0 Å². The van der Waals surface area contributed by atoms with E-state index >= 15 is 0 Å². The molecular weight excluding hydrogens is 578 g/mol. The van der Waals surface area contributed by atoms with Gasteiger partial charge < -0.3 is 54.0 Å². The number of aromatic hydroxyl groups is 1. The lowest BCUT2D eigenvalue weighted by atomic mass is 10.0. The average molecular weight is 620 g/mol. The summed E-state index contributed by atoms with van der Waals surface area (Å²) in [4.78, 5) is 81.2. The average Bonchev–Trinajstić information content (AvgIpc) is 2.96. The molecule has 1 fully saturated rings. The van der Waals surface area contributed by atoms with Gasteiger partial charge in [-0.15, -0.1) is 0 Å². The first-order chi connectivity index (χ1) is 20.9. The van der Waals surface area contributed by atoms with Gasteiger partial charge in [0.15, 0.2) is 5.96 Å². The summed E-state index contributed by atoms with van der Waals surface area (Å²) >= 11 is 0. The Bertz CT molecular complexity index is 1200. The van der Waals surface area contributed by atoms with Crippen LogP contribution in [-0.2, 0) is 35.2 Å². The van der Waals surface area contributed by atoms with Gasteiger partial charge in [-0.2, -0.15) is 0 Å². The summed E-state index contributed by atoms with van der Waals surface area (Å²) < 4.78 is 0. The molecule has 17 heteroatoms. The van der Waals surface area contributed by atoms with Crippen molar-refractivity contribution in [2.45, 2.75) is 69.1 Å². The number of nitrogens with two attached hydrogens (primary N) is 3. The minimum Gasteiger partial charge on any atom is -0.508 e. The molecule has 0 radical (unpaired) electrons. The van der Waals surface area contributed by atoms with Gasteiger partial charge in [0.2, 0.25) is 29.5 Å². The molecule has 5 amide bonds. The molecular formula is C27H41N9O8. The van der Waals surface area contributed by atoms with Crippen molar-refractivity contribution in [2.24, 2.45) is 22.2 Å². The topological polar surface area (TPSA) is 293 Å². The van der Waals surface area contributed by atoms with E-state index in [1.807, 2.05) is 0 Å². The Kier molecular flexibility index (Phi) is 14.3. The van der Waals surface area contributed by atoms with Gasteiger partial charge >= 0.3 is 5.97 Å². The minimum absolute atomic E-state index is 0.0267. The van der Waals surface area contributed by atoms with E-state index in [0.29, 0.717) is 24.9 Å². The molecule has 44 heavy (non-hydrogen) atoms. The van der Waals surface area contributed by atoms with Gasteiger partial charge in [0.05, 0.1) is 13.0 Å². The number of carbonyl (C=O) groups excluding carboxylic acids is 5. The number of guanidine groups is 1. The van der Waals surface area contributed by atoms with Crippen LogP contribution in [0.3, 0.4) is 0 Å². The fourth-order valence-corrected chi connectivity index (χ4v) is 4.35. The van der Waals surface area contributed by atoms with E-state index < -0.39 is 72.6 Å². The van der Waals surface area contributed by atoms with Crippen LogP contribution in [0.25, 0.3) is 0 Å². The normalized spacial score (nSPS) is 21.8. The molecule has 0 spiro atoms. The van der Waals surface area contributed by atoms with Crippen LogP contribution in [0.4, 0.5) is 0 Å². The van der Waals surface area contributed by atoms with Crippen LogP contribution < -0.4 is 43.8 Å². The van der Waals surface area contributed by atoms with Gasteiger partial charge in [0.1, 0.15) is 29.9 Å². The Balaban J connectivity index is 2.45. The summed E-state index contributed by atoms with van der Waals surface area (Å²) in [6.07, 6.45) is 0.582. The number of nitrogens with zero attached hydrogens (tertiary/aromatic N) is 1. The van der Waals surface area contributed by atoms with Crippen LogP contribution in [-0.4, -0.2) is 95.5 Å². The highest BCUT2D eigenvalue weighted by atomic mass is 16.4. The highest BCUT2D eigenvalue weighted by Crippen LogP contribution is 2.13. The zero-order chi connectivity index (χ0) is 32.6. The summed E-state index contributed by atoms with van der Waals surface area (Å²) in [5.74, 6) is -5.62. The van der Waals surface area contributed by atoms with E-state index in [1.54, 1.807) is 0 Å². The molecule has 0 unspecified atom stereocenters. The van der Waals surface area contributed by atoms with Crippen molar-refractivity contribution in [1.29, 1.82) is 0 Å². The molecule has 1 aromatic carbocycles. The van der Waals surface area contributed by atoms with Crippen molar-refractivity contribution >= 4 is 41.5 Å². The number of hydrogen-bond acceptors (Lipinski definition) is 9. The van der Waals surface area contributed by atoms with E-state index in [2.05, 4.69) is 31.6 Å². The molecule has 0 saturated carbocycles. The van der Waals surface area contributed by atoms with Gasteiger partial charge in [-0.1, -0.05) is 12.1 Å². The van der Waals surface area contributed by atoms with Crippen LogP contribution in [0, 0.1) is 0 Å². The first kappa shape index (κ1) is 35.3. The second-order valence-electron chi connectivity index (χ2n) is 10.2. The van der Waals surface area contributed by atoms with Crippen molar-refractivity contribution in [3.63, 3.8) is 0 Å². The van der Waals surface area contributed by atoms with Crippen LogP contribution in [0.5, 0.6) is 5.75 Å². The number of nitrogens with one attached hydrogen (secondary N) is 5. The van der Waals surface area contributed by atoms with Gasteiger partial charge in [-0.3, -0.25) is 33.8 Å². The molecule has 242 valence electrons. The van der Waals surface area contributed by atoms with E-state index in [4.69, 9.17) is 17.2 Å². The molecule has 17 nitrogen and oxygen atoms in total. The largest absolute Gasteiger partial charge is 0.508 e. The molecule has 13 N–H and O–H groups in total. The number of phenols is 1. The second kappa shape index (κ2) is 17.9. The monoisotopic (exact) mass is 619 g/mol. The number of aliphatic imine (C=N–C) groups is 1. The van der Waals surface area contributed by atoms with Crippen molar-refractivity contribution in [2.75, 3.05) is 19.6 Å². The predicted molar refractivity (Wildman–Crippen MR) is 158 cm³/mol. The van der Waals surface area contributed by atoms with Gasteiger partial charge in [0.25, 0.3) is 0 Å². The summed E-state index contributed by atoms with van der Waals surface area (Å²) in [6.45, 7) is -0.136. The van der Waals surface area contributed by atoms with Gasteiger partial charge in [-0.05, 0) is 56.3 Å². The van der Waals surface area contributed by atoms with E-state index in [-0.39, 0.29) is 43.9 Å². The predicted octanol–water partition coefficient (Wildman–Crippen LogP) is -3.34. The number of unbranched alkanes of at least 4 members (excludes halogenated alkanes) is 1. The molecule has 1 heterocycles. The Hall–Kier alpha value is -4.93. The quantitative estimate of drug-likeness (QED) is 0.0626. The number of rotatable bonds is 12. The van der Waals surface area contributed by atoms with Gasteiger partial charge in [0, 0.05) is 13.0 Å². The molecule has 1 aliphatic heterocycles. The maximum atomic E-state index is 13.5. The molecule has 0 aliphatic carbocycles. The third kappa shape index (κ3) is 12.5. The number of carbonyl (C=O) groups is 6. The summed E-state index contributed by atoms with van der Waals surface area (Å²) in [6, 6.07) is 0.627. The molecule has 1 saturated heterocycles. The number of phenolic OH excluding ortho intramolecular Hbond substituents is 1. The highest BCUT2D eigenvalue weighted by molar-refractivity contribution is 5.98. The van der Waals surface area contributed by atoms with E-state index in [0.717, 1.165) is 0 Å². The number of carboxylic acid groups (broad SMARTS) is 1. The van der Waals surface area contributed by atoms with Crippen LogP contribution in [0.15, 0.2) is 29.3 Å². The summed E-state index contributed by atoms with van der Waals surface area (Å²) in [7, 11) is 0. The van der Waals surface area contributed by atoms with E-state index in [1.165, 1.54) is 24.3 Å². The van der Waals surface area contributed by atoms with E-state index in [9.17, 15) is 39.0 Å². The van der Waals surface area contributed by atoms with Gasteiger partial charge in [-0.25, -0.2) is 0 Å².